The van der Waals surface area contributed by atoms with Crippen LogP contribution in [0.25, 0.3) is 10.9 Å². The molecule has 0 saturated carbocycles. The minimum absolute atomic E-state index is 0.109. The summed E-state index contributed by atoms with van der Waals surface area (Å²) < 4.78 is 5.39. The van der Waals surface area contributed by atoms with Gasteiger partial charge in [-0.15, -0.1) is 0 Å². The third-order valence-corrected chi connectivity index (χ3v) is 4.79. The number of hydrogen-bond donors (Lipinski definition) is 2. The van der Waals surface area contributed by atoms with Gasteiger partial charge in [0.05, 0.1) is 16.5 Å². The van der Waals surface area contributed by atoms with Crippen LogP contribution >= 0.6 is 0 Å². The van der Waals surface area contributed by atoms with E-state index in [0.29, 0.717) is 29.7 Å². The Kier molecular flexibility index (Phi) is 6.25. The van der Waals surface area contributed by atoms with Crippen LogP contribution in [0.1, 0.15) is 61.9 Å². The molecule has 6 nitrogen and oxygen atoms in total. The molecule has 30 heavy (non-hydrogen) atoms. The number of anilines is 1. The smallest absolute Gasteiger partial charge is 0.338 e. The Balaban J connectivity index is 1.79. The zero-order valence-electron chi connectivity index (χ0n) is 18.3. The number of benzene rings is 2. The second-order valence-corrected chi connectivity index (χ2v) is 8.29. The number of esters is 1. The lowest BCUT2D eigenvalue weighted by Crippen LogP contribution is -2.23. The van der Waals surface area contributed by atoms with Crippen molar-refractivity contribution in [3.8, 4) is 0 Å². The van der Waals surface area contributed by atoms with Gasteiger partial charge in [0.25, 0.3) is 5.56 Å². The molecule has 3 aromatic rings. The molecule has 1 heterocycles. The first-order valence-electron chi connectivity index (χ1n) is 10.3. The quantitative estimate of drug-likeness (QED) is 0.583. The maximum Gasteiger partial charge on any atom is 0.338 e. The Hall–Kier alpha value is -3.15. The maximum absolute atomic E-state index is 12.4. The molecule has 0 aliphatic carbocycles. The Morgan fingerprint density at radius 1 is 1.07 bits per heavy atom. The second-order valence-electron chi connectivity index (χ2n) is 8.29. The number of nitrogens with zero attached hydrogens (tertiary/aromatic N) is 1. The number of carbonyl (C=O) groups is 1. The third kappa shape index (κ3) is 5.06. The van der Waals surface area contributed by atoms with Crippen molar-refractivity contribution in [2.75, 3.05) is 5.32 Å². The van der Waals surface area contributed by atoms with Gasteiger partial charge >= 0.3 is 5.97 Å². The van der Waals surface area contributed by atoms with Gasteiger partial charge in [-0.2, -0.15) is 0 Å². The van der Waals surface area contributed by atoms with E-state index in [4.69, 9.17) is 4.74 Å². The Morgan fingerprint density at radius 3 is 2.37 bits per heavy atom. The van der Waals surface area contributed by atoms with Gasteiger partial charge in [-0.05, 0) is 74.7 Å². The Morgan fingerprint density at radius 2 is 1.77 bits per heavy atom. The fraction of sp³-hybridized carbons (Fsp3) is 0.375. The fourth-order valence-electron chi connectivity index (χ4n) is 3.24. The number of H-pyrrole nitrogens is 1. The summed E-state index contributed by atoms with van der Waals surface area (Å²) in [5.74, 6) is 0.362. The molecule has 0 unspecified atom stereocenters. The summed E-state index contributed by atoms with van der Waals surface area (Å²) in [7, 11) is 0. The van der Waals surface area contributed by atoms with Gasteiger partial charge in [0.15, 0.2) is 0 Å². The largest absolute Gasteiger partial charge is 0.456 e. The number of hydrogen-bond acceptors (Lipinski definition) is 5. The molecule has 0 radical (unpaired) electrons. The normalized spacial score (nSPS) is 11.5. The van der Waals surface area contributed by atoms with Crippen LogP contribution in [-0.4, -0.2) is 21.5 Å². The number of fused-ring (bicyclic) bond motifs is 1. The molecule has 0 saturated heterocycles. The van der Waals surface area contributed by atoms with Gasteiger partial charge in [0, 0.05) is 18.7 Å². The highest BCUT2D eigenvalue weighted by molar-refractivity contribution is 5.90. The molecule has 0 bridgehead atoms. The topological polar surface area (TPSA) is 84.1 Å². The highest BCUT2D eigenvalue weighted by Crippen LogP contribution is 2.20. The molecule has 0 amide bonds. The standard InChI is InChI=1S/C24H29N3O3/c1-6-15-13-20-19(22(28)27-21(7-2)26-20)12-17(15)14-25-18-10-8-16(9-11-18)23(29)30-24(3,4)5/h8-13,25H,6-7,14H2,1-5H3,(H,26,27,28). The number of nitrogens with one attached hydrogen (secondary N) is 2. The van der Waals surface area contributed by atoms with Gasteiger partial charge < -0.3 is 15.0 Å². The average molecular weight is 408 g/mol. The van der Waals surface area contributed by atoms with Gasteiger partial charge in [-0.3, -0.25) is 4.79 Å². The first kappa shape index (κ1) is 21.6. The van der Waals surface area contributed by atoms with Crippen LogP contribution in [-0.2, 0) is 24.1 Å². The number of aromatic nitrogens is 2. The highest BCUT2D eigenvalue weighted by atomic mass is 16.6. The Labute approximate surface area is 176 Å². The van der Waals surface area contributed by atoms with Crippen molar-refractivity contribution < 1.29 is 9.53 Å². The molecule has 0 aliphatic heterocycles. The summed E-state index contributed by atoms with van der Waals surface area (Å²) in [6, 6.07) is 11.1. The molecule has 158 valence electrons. The molecule has 0 atom stereocenters. The van der Waals surface area contributed by atoms with E-state index in [1.165, 1.54) is 0 Å². The van der Waals surface area contributed by atoms with E-state index in [9.17, 15) is 9.59 Å². The average Bonchev–Trinajstić information content (AvgIpc) is 2.70. The summed E-state index contributed by atoms with van der Waals surface area (Å²) in [4.78, 5) is 32.0. The van der Waals surface area contributed by atoms with E-state index in [2.05, 4.69) is 22.2 Å². The zero-order chi connectivity index (χ0) is 21.9. The van der Waals surface area contributed by atoms with E-state index in [1.54, 1.807) is 12.1 Å². The summed E-state index contributed by atoms with van der Waals surface area (Å²) in [5.41, 5.74) is 3.71. The van der Waals surface area contributed by atoms with Gasteiger partial charge in [-0.25, -0.2) is 9.78 Å². The predicted molar refractivity (Wildman–Crippen MR) is 120 cm³/mol. The first-order valence-corrected chi connectivity index (χ1v) is 10.3. The lowest BCUT2D eigenvalue weighted by Gasteiger charge is -2.19. The summed E-state index contributed by atoms with van der Waals surface area (Å²) in [6.45, 7) is 10.2. The van der Waals surface area contributed by atoms with Crippen molar-refractivity contribution in [3.63, 3.8) is 0 Å². The van der Waals surface area contributed by atoms with Crippen molar-refractivity contribution in [1.29, 1.82) is 0 Å². The monoisotopic (exact) mass is 407 g/mol. The molecule has 3 rings (SSSR count). The molecular formula is C24H29N3O3. The minimum Gasteiger partial charge on any atom is -0.456 e. The zero-order valence-corrected chi connectivity index (χ0v) is 18.3. The molecule has 0 fully saturated rings. The van der Waals surface area contributed by atoms with Crippen LogP contribution in [0.2, 0.25) is 0 Å². The van der Waals surface area contributed by atoms with E-state index in [-0.39, 0.29) is 11.5 Å². The van der Waals surface area contributed by atoms with Crippen molar-refractivity contribution in [1.82, 2.24) is 9.97 Å². The first-order chi connectivity index (χ1) is 14.2. The van der Waals surface area contributed by atoms with Crippen LogP contribution in [0.15, 0.2) is 41.2 Å². The van der Waals surface area contributed by atoms with Crippen LogP contribution in [0.4, 0.5) is 5.69 Å². The van der Waals surface area contributed by atoms with Gasteiger partial charge in [-0.1, -0.05) is 13.8 Å². The summed E-state index contributed by atoms with van der Waals surface area (Å²) >= 11 is 0. The van der Waals surface area contributed by atoms with Crippen molar-refractivity contribution >= 4 is 22.6 Å². The van der Waals surface area contributed by atoms with Gasteiger partial charge in [0.2, 0.25) is 0 Å². The lowest BCUT2D eigenvalue weighted by molar-refractivity contribution is 0.00695. The fourth-order valence-corrected chi connectivity index (χ4v) is 3.24. The SMILES string of the molecule is CCc1nc2cc(CC)c(CNc3ccc(C(=O)OC(C)(C)C)cc3)cc2c(=O)[nH]1. The number of aromatic amines is 1. The molecule has 6 heteroatoms. The van der Waals surface area contributed by atoms with E-state index < -0.39 is 5.60 Å². The summed E-state index contributed by atoms with van der Waals surface area (Å²) in [5, 5.41) is 3.97. The molecule has 2 N–H and O–H groups in total. The minimum atomic E-state index is -0.523. The molecular weight excluding hydrogens is 378 g/mol. The van der Waals surface area contributed by atoms with E-state index >= 15 is 0 Å². The maximum atomic E-state index is 12.4. The number of aryl methyl sites for hydroxylation is 2. The molecule has 0 aliphatic rings. The number of carbonyl (C=O) groups excluding carboxylic acids is 1. The van der Waals surface area contributed by atoms with Crippen molar-refractivity contribution in [3.05, 3.63) is 69.3 Å². The molecule has 2 aromatic carbocycles. The second kappa shape index (κ2) is 8.69. The van der Waals surface area contributed by atoms with Crippen LogP contribution in [0.3, 0.4) is 0 Å². The predicted octanol–water partition coefficient (Wildman–Crippen LogP) is 4.62. The highest BCUT2D eigenvalue weighted by Gasteiger charge is 2.17. The van der Waals surface area contributed by atoms with Crippen LogP contribution in [0, 0.1) is 0 Å². The van der Waals surface area contributed by atoms with Crippen molar-refractivity contribution in [2.24, 2.45) is 0 Å². The third-order valence-electron chi connectivity index (χ3n) is 4.79. The van der Waals surface area contributed by atoms with E-state index in [0.717, 1.165) is 28.8 Å². The van der Waals surface area contributed by atoms with Crippen LogP contribution in [0.5, 0.6) is 0 Å². The summed E-state index contributed by atoms with van der Waals surface area (Å²) in [6.07, 6.45) is 1.54. The lowest BCUT2D eigenvalue weighted by atomic mass is 10.0. The van der Waals surface area contributed by atoms with Crippen LogP contribution < -0.4 is 10.9 Å². The van der Waals surface area contributed by atoms with Gasteiger partial charge in [0.1, 0.15) is 11.4 Å². The van der Waals surface area contributed by atoms with Crippen molar-refractivity contribution in [2.45, 2.75) is 59.6 Å². The number of ether oxygens (including phenoxy) is 1. The Bertz CT molecular complexity index is 1110. The van der Waals surface area contributed by atoms with E-state index in [1.807, 2.05) is 52.0 Å². The molecule has 0 spiro atoms. The number of rotatable bonds is 6. The molecule has 1 aromatic heterocycles.